The van der Waals surface area contributed by atoms with Crippen LogP contribution in [-0.2, 0) is 10.8 Å². The second kappa shape index (κ2) is 5.80. The summed E-state index contributed by atoms with van der Waals surface area (Å²) in [6.45, 7) is 11.0. The van der Waals surface area contributed by atoms with Crippen LogP contribution in [0.15, 0.2) is 24.3 Å². The summed E-state index contributed by atoms with van der Waals surface area (Å²) in [7, 11) is 0. The van der Waals surface area contributed by atoms with Crippen molar-refractivity contribution in [2.75, 3.05) is 0 Å². The first-order valence-electron chi connectivity index (χ1n) is 8.56. The van der Waals surface area contributed by atoms with Crippen LogP contribution in [0.3, 0.4) is 0 Å². The van der Waals surface area contributed by atoms with Gasteiger partial charge in [0.15, 0.2) is 0 Å². The normalized spacial score (nSPS) is 17.8. The second-order valence-electron chi connectivity index (χ2n) is 8.28. The van der Waals surface area contributed by atoms with Crippen LogP contribution in [0.2, 0.25) is 0 Å². The number of carbonyl (C=O) groups excluding carboxylic acids is 1. The van der Waals surface area contributed by atoms with Crippen LogP contribution in [0.4, 0.5) is 0 Å². The van der Waals surface area contributed by atoms with Crippen molar-refractivity contribution in [3.05, 3.63) is 56.3 Å². The molecule has 0 fully saturated rings. The second-order valence-corrected chi connectivity index (χ2v) is 9.36. The van der Waals surface area contributed by atoms with E-state index < -0.39 is 5.97 Å². The van der Waals surface area contributed by atoms with Gasteiger partial charge in [0.05, 0.1) is 4.88 Å². The average molecular weight is 356 g/mol. The van der Waals surface area contributed by atoms with Crippen molar-refractivity contribution < 1.29 is 14.7 Å². The van der Waals surface area contributed by atoms with Gasteiger partial charge in [-0.1, -0.05) is 33.8 Å². The lowest BCUT2D eigenvalue weighted by molar-refractivity contribution is 0.0702. The van der Waals surface area contributed by atoms with Crippen molar-refractivity contribution in [3.8, 4) is 0 Å². The minimum atomic E-state index is -0.992. The topological polar surface area (TPSA) is 54.4 Å². The quantitative estimate of drug-likeness (QED) is 0.756. The Hall–Kier alpha value is -1.94. The molecule has 0 aliphatic heterocycles. The van der Waals surface area contributed by atoms with Crippen LogP contribution >= 0.6 is 11.3 Å². The molecule has 4 heteroatoms. The van der Waals surface area contributed by atoms with E-state index in [1.807, 2.05) is 13.0 Å². The molecule has 2 aromatic rings. The van der Waals surface area contributed by atoms with Gasteiger partial charge in [-0.3, -0.25) is 4.79 Å². The highest BCUT2D eigenvalue weighted by Gasteiger charge is 2.38. The molecule has 3 rings (SSSR count). The van der Waals surface area contributed by atoms with Crippen LogP contribution in [0.25, 0.3) is 0 Å². The molecule has 0 saturated carbocycles. The molecule has 1 heterocycles. The van der Waals surface area contributed by atoms with E-state index in [4.69, 9.17) is 5.11 Å². The molecule has 1 aliphatic rings. The monoisotopic (exact) mass is 356 g/mol. The van der Waals surface area contributed by atoms with E-state index in [1.165, 1.54) is 17.2 Å². The molecule has 0 saturated heterocycles. The first-order chi connectivity index (χ1) is 11.5. The fraction of sp³-hybridized carbons (Fsp3) is 0.429. The first kappa shape index (κ1) is 17.9. The summed E-state index contributed by atoms with van der Waals surface area (Å²) in [5, 5.41) is 9.09. The van der Waals surface area contributed by atoms with Crippen LogP contribution in [-0.4, -0.2) is 16.9 Å². The van der Waals surface area contributed by atoms with Crippen molar-refractivity contribution in [3.63, 3.8) is 0 Å². The molecule has 25 heavy (non-hydrogen) atoms. The number of thiophene rings is 1. The zero-order valence-corrected chi connectivity index (χ0v) is 16.2. The smallest absolute Gasteiger partial charge is 0.345 e. The summed E-state index contributed by atoms with van der Waals surface area (Å²) in [5.41, 5.74) is 4.36. The number of ketones is 1. The minimum Gasteiger partial charge on any atom is -0.477 e. The molecule has 0 bridgehead atoms. The molecule has 1 N–H and O–H groups in total. The Bertz CT molecular complexity index is 871. The molecular formula is C21H24O3S. The summed E-state index contributed by atoms with van der Waals surface area (Å²) in [4.78, 5) is 24.7. The van der Waals surface area contributed by atoms with Gasteiger partial charge in [0, 0.05) is 5.56 Å². The highest BCUT2D eigenvalue weighted by atomic mass is 32.1. The highest BCUT2D eigenvalue weighted by molar-refractivity contribution is 7.16. The Balaban J connectivity index is 2.11. The number of benzene rings is 1. The summed E-state index contributed by atoms with van der Waals surface area (Å²) >= 11 is 1.04. The largest absolute Gasteiger partial charge is 0.477 e. The lowest BCUT2D eigenvalue weighted by Crippen LogP contribution is -2.34. The van der Waals surface area contributed by atoms with Gasteiger partial charge in [0.1, 0.15) is 4.88 Å². The maximum absolute atomic E-state index is 13.0. The zero-order chi connectivity index (χ0) is 18.6. The van der Waals surface area contributed by atoms with Crippen LogP contribution in [0.5, 0.6) is 0 Å². The maximum atomic E-state index is 13.0. The Labute approximate surface area is 152 Å². The zero-order valence-electron chi connectivity index (χ0n) is 15.4. The van der Waals surface area contributed by atoms with Gasteiger partial charge < -0.3 is 5.11 Å². The van der Waals surface area contributed by atoms with Crippen molar-refractivity contribution in [1.82, 2.24) is 0 Å². The summed E-state index contributed by atoms with van der Waals surface area (Å²) in [6, 6.07) is 7.33. The Morgan fingerprint density at radius 2 is 1.48 bits per heavy atom. The van der Waals surface area contributed by atoms with Crippen LogP contribution in [0, 0.1) is 6.92 Å². The van der Waals surface area contributed by atoms with Gasteiger partial charge >= 0.3 is 5.97 Å². The Kier molecular flexibility index (Phi) is 4.15. The molecule has 0 amide bonds. The molecule has 132 valence electrons. The van der Waals surface area contributed by atoms with Crippen molar-refractivity contribution in [1.29, 1.82) is 0 Å². The predicted octanol–water partition coefficient (Wildman–Crippen LogP) is 5.33. The molecule has 0 radical (unpaired) electrons. The number of carbonyl (C=O) groups is 2. The summed E-state index contributed by atoms with van der Waals surface area (Å²) < 4.78 is 0. The van der Waals surface area contributed by atoms with E-state index in [-0.39, 0.29) is 21.5 Å². The SMILES string of the molecule is Cc1cc2c(cc1C(=O)c1ccc(C(=O)O)s1)C(C)(C)CCC2(C)C. The van der Waals surface area contributed by atoms with Gasteiger partial charge in [-0.05, 0) is 65.5 Å². The van der Waals surface area contributed by atoms with Crippen LogP contribution in [0.1, 0.15) is 82.1 Å². The van der Waals surface area contributed by atoms with Crippen LogP contribution < -0.4 is 0 Å². The number of aryl methyl sites for hydroxylation is 1. The number of hydrogen-bond donors (Lipinski definition) is 1. The van der Waals surface area contributed by atoms with Gasteiger partial charge in [0.25, 0.3) is 0 Å². The third-order valence-electron chi connectivity index (χ3n) is 5.48. The molecule has 0 atom stereocenters. The highest BCUT2D eigenvalue weighted by Crippen LogP contribution is 2.46. The first-order valence-corrected chi connectivity index (χ1v) is 9.38. The number of rotatable bonds is 3. The van der Waals surface area contributed by atoms with Crippen molar-refractivity contribution >= 4 is 23.1 Å². The van der Waals surface area contributed by atoms with E-state index in [1.54, 1.807) is 6.07 Å². The lowest BCUT2D eigenvalue weighted by Gasteiger charge is -2.42. The van der Waals surface area contributed by atoms with E-state index in [2.05, 4.69) is 33.8 Å². The molecule has 0 spiro atoms. The average Bonchev–Trinajstić information content (AvgIpc) is 3.01. The molecular weight excluding hydrogens is 332 g/mol. The number of carboxylic acids is 1. The third kappa shape index (κ3) is 3.04. The lowest BCUT2D eigenvalue weighted by atomic mass is 9.62. The Morgan fingerprint density at radius 1 is 0.960 bits per heavy atom. The van der Waals surface area contributed by atoms with Gasteiger partial charge in [-0.15, -0.1) is 11.3 Å². The molecule has 1 aliphatic carbocycles. The molecule has 0 unspecified atom stereocenters. The van der Waals surface area contributed by atoms with E-state index >= 15 is 0 Å². The fourth-order valence-corrected chi connectivity index (χ4v) is 4.47. The maximum Gasteiger partial charge on any atom is 0.345 e. The Morgan fingerprint density at radius 3 is 2.00 bits per heavy atom. The summed E-state index contributed by atoms with van der Waals surface area (Å²) in [6.07, 6.45) is 2.22. The van der Waals surface area contributed by atoms with E-state index in [9.17, 15) is 9.59 Å². The van der Waals surface area contributed by atoms with Gasteiger partial charge in [-0.2, -0.15) is 0 Å². The number of aromatic carboxylic acids is 1. The number of carboxylic acid groups (broad SMARTS) is 1. The van der Waals surface area contributed by atoms with Crippen molar-refractivity contribution in [2.24, 2.45) is 0 Å². The minimum absolute atomic E-state index is 0.0370. The molecule has 1 aromatic heterocycles. The number of hydrogen-bond acceptors (Lipinski definition) is 3. The molecule has 3 nitrogen and oxygen atoms in total. The van der Waals surface area contributed by atoms with E-state index in [0.717, 1.165) is 29.7 Å². The van der Waals surface area contributed by atoms with Gasteiger partial charge in [-0.25, -0.2) is 4.79 Å². The third-order valence-corrected chi connectivity index (χ3v) is 6.55. The fourth-order valence-electron chi connectivity index (χ4n) is 3.67. The number of fused-ring (bicyclic) bond motifs is 1. The predicted molar refractivity (Wildman–Crippen MR) is 101 cm³/mol. The standard InChI is InChI=1S/C21H24O3S/c1-12-10-14-15(21(4,5)9-8-20(14,2)3)11-13(12)18(22)16-6-7-17(25-16)19(23)24/h6-7,10-11H,8-9H2,1-5H3,(H,23,24). The van der Waals surface area contributed by atoms with Gasteiger partial charge in [0.2, 0.25) is 5.78 Å². The summed E-state index contributed by atoms with van der Waals surface area (Å²) in [5.74, 6) is -1.08. The molecule has 1 aromatic carbocycles. The van der Waals surface area contributed by atoms with E-state index in [0.29, 0.717) is 10.4 Å². The van der Waals surface area contributed by atoms with Crippen molar-refractivity contribution in [2.45, 2.75) is 58.3 Å².